The molecule has 0 fully saturated rings. The monoisotopic (exact) mass is 334 g/mol. The van der Waals surface area contributed by atoms with Gasteiger partial charge in [-0.1, -0.05) is 30.3 Å². The van der Waals surface area contributed by atoms with Crippen LogP contribution in [0.2, 0.25) is 0 Å². The first-order chi connectivity index (χ1) is 12.1. The molecule has 0 N–H and O–H groups in total. The molecule has 0 bridgehead atoms. The van der Waals surface area contributed by atoms with Crippen molar-refractivity contribution in [2.45, 2.75) is 13.8 Å². The van der Waals surface area contributed by atoms with Gasteiger partial charge in [-0.15, -0.1) is 0 Å². The van der Waals surface area contributed by atoms with Crippen LogP contribution in [0.5, 0.6) is 0 Å². The number of carbonyl (C=O) groups excluding carboxylic acids is 1. The highest BCUT2D eigenvalue weighted by Crippen LogP contribution is 2.22. The maximum absolute atomic E-state index is 13.1. The summed E-state index contributed by atoms with van der Waals surface area (Å²) in [5.41, 5.74) is 3.73. The Bertz CT molecular complexity index is 876. The largest absolute Gasteiger partial charge is 0.309 e. The maximum Gasteiger partial charge on any atom is 0.260 e. The summed E-state index contributed by atoms with van der Waals surface area (Å²) in [4.78, 5) is 19.1. The molecule has 0 spiro atoms. The van der Waals surface area contributed by atoms with Gasteiger partial charge in [-0.25, -0.2) is 4.39 Å². The van der Waals surface area contributed by atoms with E-state index in [4.69, 9.17) is 0 Å². The Hall–Kier alpha value is -3.01. The molecule has 1 heterocycles. The van der Waals surface area contributed by atoms with Crippen molar-refractivity contribution in [3.05, 3.63) is 83.8 Å². The van der Waals surface area contributed by atoms with Crippen LogP contribution in [-0.2, 0) is 0 Å². The third-order valence-corrected chi connectivity index (χ3v) is 4.09. The number of anilines is 1. The first-order valence-corrected chi connectivity index (χ1v) is 8.20. The minimum Gasteiger partial charge on any atom is -0.309 e. The smallest absolute Gasteiger partial charge is 0.260 e. The fourth-order valence-electron chi connectivity index (χ4n) is 2.77. The van der Waals surface area contributed by atoms with E-state index in [-0.39, 0.29) is 11.7 Å². The van der Waals surface area contributed by atoms with Crippen LogP contribution in [0.4, 0.5) is 10.1 Å². The van der Waals surface area contributed by atoms with Crippen LogP contribution < -0.4 is 4.90 Å². The van der Waals surface area contributed by atoms with E-state index >= 15 is 0 Å². The summed E-state index contributed by atoms with van der Waals surface area (Å²) in [5, 5.41) is 0. The molecule has 0 saturated carbocycles. The van der Waals surface area contributed by atoms with Crippen molar-refractivity contribution < 1.29 is 9.18 Å². The van der Waals surface area contributed by atoms with Crippen LogP contribution in [-0.4, -0.2) is 17.4 Å². The van der Waals surface area contributed by atoms with E-state index in [1.165, 1.54) is 12.1 Å². The number of hydrogen-bond donors (Lipinski definition) is 0. The molecule has 3 rings (SSSR count). The molecule has 25 heavy (non-hydrogen) atoms. The number of nitrogens with zero attached hydrogens (tertiary/aromatic N) is 2. The van der Waals surface area contributed by atoms with Gasteiger partial charge in [-0.05, 0) is 50.2 Å². The summed E-state index contributed by atoms with van der Waals surface area (Å²) in [6, 6.07) is 19.4. The number of aromatic nitrogens is 1. The third kappa shape index (κ3) is 3.58. The molecule has 0 aliphatic rings. The van der Waals surface area contributed by atoms with Gasteiger partial charge in [0.2, 0.25) is 0 Å². The second kappa shape index (κ2) is 7.26. The highest BCUT2D eigenvalue weighted by molar-refractivity contribution is 6.06. The van der Waals surface area contributed by atoms with E-state index in [2.05, 4.69) is 4.98 Å². The zero-order valence-electron chi connectivity index (χ0n) is 14.2. The summed E-state index contributed by atoms with van der Waals surface area (Å²) in [5.74, 6) is -0.462. The van der Waals surface area contributed by atoms with Crippen molar-refractivity contribution in [3.63, 3.8) is 0 Å². The predicted molar refractivity (Wildman–Crippen MR) is 98.2 cm³/mol. The Balaban J connectivity index is 1.92. The molecule has 0 unspecified atom stereocenters. The van der Waals surface area contributed by atoms with Crippen molar-refractivity contribution in [3.8, 4) is 11.3 Å². The van der Waals surface area contributed by atoms with Crippen LogP contribution in [0.3, 0.4) is 0 Å². The lowest BCUT2D eigenvalue weighted by molar-refractivity contribution is 0.0987. The normalized spacial score (nSPS) is 10.5. The molecule has 0 radical (unpaired) electrons. The molecule has 0 saturated heterocycles. The van der Waals surface area contributed by atoms with Crippen molar-refractivity contribution >= 4 is 11.6 Å². The van der Waals surface area contributed by atoms with Crippen LogP contribution in [0.1, 0.15) is 23.0 Å². The number of carbonyl (C=O) groups is 1. The number of amides is 1. The van der Waals surface area contributed by atoms with Crippen molar-refractivity contribution in [2.24, 2.45) is 0 Å². The maximum atomic E-state index is 13.1. The molecule has 126 valence electrons. The van der Waals surface area contributed by atoms with Gasteiger partial charge in [-0.2, -0.15) is 0 Å². The standard InChI is InChI=1S/C21H19FN2O/c1-3-24(18-11-9-17(22)10-12-18)21(25)19-13-14-20(23-15(19)2)16-7-5-4-6-8-16/h4-14H,3H2,1-2H3. The minimum absolute atomic E-state index is 0.140. The molecular formula is C21H19FN2O. The first kappa shape index (κ1) is 16.8. The Morgan fingerprint density at radius 1 is 1.00 bits per heavy atom. The molecular weight excluding hydrogens is 315 g/mol. The van der Waals surface area contributed by atoms with Gasteiger partial charge in [0.15, 0.2) is 0 Å². The van der Waals surface area contributed by atoms with E-state index in [0.717, 1.165) is 11.3 Å². The lowest BCUT2D eigenvalue weighted by Crippen LogP contribution is -2.31. The SMILES string of the molecule is CCN(C(=O)c1ccc(-c2ccccc2)nc1C)c1ccc(F)cc1. The van der Waals surface area contributed by atoms with Gasteiger partial charge >= 0.3 is 0 Å². The van der Waals surface area contributed by atoms with E-state index in [1.54, 1.807) is 23.1 Å². The number of rotatable bonds is 4. The number of benzene rings is 2. The number of hydrogen-bond acceptors (Lipinski definition) is 2. The Kier molecular flexibility index (Phi) is 4.89. The molecule has 4 heteroatoms. The highest BCUT2D eigenvalue weighted by atomic mass is 19.1. The molecule has 0 aliphatic carbocycles. The predicted octanol–water partition coefficient (Wildman–Crippen LogP) is 4.86. The fourth-order valence-corrected chi connectivity index (χ4v) is 2.77. The van der Waals surface area contributed by atoms with Crippen LogP contribution in [0.15, 0.2) is 66.7 Å². The fraction of sp³-hybridized carbons (Fsp3) is 0.143. The second-order valence-corrected chi connectivity index (χ2v) is 5.72. The Labute approximate surface area is 146 Å². The molecule has 1 amide bonds. The van der Waals surface area contributed by atoms with Crippen molar-refractivity contribution in [1.82, 2.24) is 4.98 Å². The van der Waals surface area contributed by atoms with E-state index in [0.29, 0.717) is 23.5 Å². The Morgan fingerprint density at radius 3 is 2.28 bits per heavy atom. The number of pyridine rings is 1. The number of aryl methyl sites for hydroxylation is 1. The molecule has 0 atom stereocenters. The van der Waals surface area contributed by atoms with Crippen LogP contribution in [0, 0.1) is 12.7 Å². The van der Waals surface area contributed by atoms with Gasteiger partial charge in [0.25, 0.3) is 5.91 Å². The average molecular weight is 334 g/mol. The quantitative estimate of drug-likeness (QED) is 0.682. The van der Waals surface area contributed by atoms with Gasteiger partial charge in [0.05, 0.1) is 17.0 Å². The number of halogens is 1. The summed E-state index contributed by atoms with van der Waals surface area (Å²) in [6.45, 7) is 4.21. The van der Waals surface area contributed by atoms with Gasteiger partial charge < -0.3 is 4.90 Å². The zero-order chi connectivity index (χ0) is 17.8. The van der Waals surface area contributed by atoms with Crippen LogP contribution >= 0.6 is 0 Å². The van der Waals surface area contributed by atoms with E-state index in [1.807, 2.05) is 50.2 Å². The summed E-state index contributed by atoms with van der Waals surface area (Å²) in [6.07, 6.45) is 0. The molecule has 3 aromatic rings. The summed E-state index contributed by atoms with van der Waals surface area (Å²) >= 11 is 0. The van der Waals surface area contributed by atoms with E-state index < -0.39 is 0 Å². The van der Waals surface area contributed by atoms with Crippen molar-refractivity contribution in [2.75, 3.05) is 11.4 Å². The minimum atomic E-state index is -0.322. The van der Waals surface area contributed by atoms with Gasteiger partial charge in [-0.3, -0.25) is 9.78 Å². The lowest BCUT2D eigenvalue weighted by atomic mass is 10.1. The van der Waals surface area contributed by atoms with E-state index in [9.17, 15) is 9.18 Å². The molecule has 0 aliphatic heterocycles. The van der Waals surface area contributed by atoms with Gasteiger partial charge in [0, 0.05) is 17.8 Å². The summed E-state index contributed by atoms with van der Waals surface area (Å²) in [7, 11) is 0. The zero-order valence-corrected chi connectivity index (χ0v) is 14.2. The Morgan fingerprint density at radius 2 is 1.68 bits per heavy atom. The highest BCUT2D eigenvalue weighted by Gasteiger charge is 2.19. The first-order valence-electron chi connectivity index (χ1n) is 8.20. The third-order valence-electron chi connectivity index (χ3n) is 4.09. The van der Waals surface area contributed by atoms with Crippen LogP contribution in [0.25, 0.3) is 11.3 Å². The average Bonchev–Trinajstić information content (AvgIpc) is 2.64. The topological polar surface area (TPSA) is 33.2 Å². The summed E-state index contributed by atoms with van der Waals surface area (Å²) < 4.78 is 13.1. The molecule has 2 aromatic carbocycles. The second-order valence-electron chi connectivity index (χ2n) is 5.72. The van der Waals surface area contributed by atoms with Gasteiger partial charge in [0.1, 0.15) is 5.82 Å². The van der Waals surface area contributed by atoms with Crippen molar-refractivity contribution in [1.29, 1.82) is 0 Å². The lowest BCUT2D eigenvalue weighted by Gasteiger charge is -2.22. The molecule has 3 nitrogen and oxygen atoms in total. The molecule has 1 aromatic heterocycles.